The van der Waals surface area contributed by atoms with Gasteiger partial charge in [0.05, 0.1) is 5.76 Å². The molecule has 0 bridgehead atoms. The lowest BCUT2D eigenvalue weighted by atomic mass is 10.2. The van der Waals surface area contributed by atoms with Crippen molar-refractivity contribution in [3.63, 3.8) is 0 Å². The minimum absolute atomic E-state index is 0.514. The van der Waals surface area contributed by atoms with Gasteiger partial charge in [-0.05, 0) is 30.6 Å². The standard InChI is InChI=1S/C16H21NO.C2H6/c1-3-4-8-16(12-17)11-14(2)18-13-15-9-6-5-7-10-15;1-2/h3,5-11H,1,4,12-13,17H2,2H3;1-2H3/b14-11+,16-8+;. The van der Waals surface area contributed by atoms with Crippen molar-refractivity contribution in [1.82, 2.24) is 0 Å². The maximum atomic E-state index is 5.68. The molecule has 0 atom stereocenters. The predicted molar refractivity (Wildman–Crippen MR) is 88.3 cm³/mol. The van der Waals surface area contributed by atoms with E-state index in [0.29, 0.717) is 13.2 Å². The summed E-state index contributed by atoms with van der Waals surface area (Å²) in [6.07, 6.45) is 6.72. The normalized spacial score (nSPS) is 11.4. The van der Waals surface area contributed by atoms with Gasteiger partial charge >= 0.3 is 0 Å². The van der Waals surface area contributed by atoms with Crippen molar-refractivity contribution in [3.05, 3.63) is 72.0 Å². The Hall–Kier alpha value is -1.80. The van der Waals surface area contributed by atoms with Crippen molar-refractivity contribution in [2.24, 2.45) is 5.73 Å². The third kappa shape index (κ3) is 8.33. The van der Waals surface area contributed by atoms with Crippen LogP contribution in [0.25, 0.3) is 0 Å². The van der Waals surface area contributed by atoms with Crippen molar-refractivity contribution in [3.8, 4) is 0 Å². The quantitative estimate of drug-likeness (QED) is 0.448. The molecule has 1 aromatic rings. The Bertz CT molecular complexity index is 418. The summed E-state index contributed by atoms with van der Waals surface area (Å²) in [5.41, 5.74) is 7.90. The minimum Gasteiger partial charge on any atom is -0.494 e. The molecule has 0 saturated heterocycles. The van der Waals surface area contributed by atoms with Crippen molar-refractivity contribution in [2.45, 2.75) is 33.8 Å². The van der Waals surface area contributed by atoms with Crippen LogP contribution in [0.15, 0.2) is 66.5 Å². The molecule has 0 aromatic heterocycles. The number of hydrogen-bond acceptors (Lipinski definition) is 2. The molecule has 2 nitrogen and oxygen atoms in total. The molecular formula is C18H27NO. The molecule has 20 heavy (non-hydrogen) atoms. The molecule has 2 N–H and O–H groups in total. The third-order valence-electron chi connectivity index (χ3n) is 2.48. The number of rotatable bonds is 7. The van der Waals surface area contributed by atoms with Crippen LogP contribution in [-0.2, 0) is 11.3 Å². The van der Waals surface area contributed by atoms with Crippen LogP contribution >= 0.6 is 0 Å². The van der Waals surface area contributed by atoms with Crippen molar-refractivity contribution in [1.29, 1.82) is 0 Å². The molecule has 110 valence electrons. The minimum atomic E-state index is 0.514. The van der Waals surface area contributed by atoms with E-state index in [4.69, 9.17) is 10.5 Å². The SMILES string of the molecule is C=CC/C=C(\C=C(/C)OCc1ccccc1)CN.CC. The summed E-state index contributed by atoms with van der Waals surface area (Å²) in [5, 5.41) is 0. The number of hydrogen-bond donors (Lipinski definition) is 1. The molecule has 0 saturated carbocycles. The van der Waals surface area contributed by atoms with E-state index >= 15 is 0 Å². The maximum absolute atomic E-state index is 5.68. The first-order chi connectivity index (χ1) is 9.76. The van der Waals surface area contributed by atoms with Gasteiger partial charge in [0.2, 0.25) is 0 Å². The lowest BCUT2D eigenvalue weighted by Crippen LogP contribution is -2.02. The van der Waals surface area contributed by atoms with E-state index in [2.05, 4.69) is 12.7 Å². The molecule has 0 heterocycles. The summed E-state index contributed by atoms with van der Waals surface area (Å²) in [6.45, 7) is 10.7. The first-order valence-electron chi connectivity index (χ1n) is 7.11. The highest BCUT2D eigenvalue weighted by molar-refractivity contribution is 5.22. The zero-order valence-electron chi connectivity index (χ0n) is 12.9. The second-order valence-corrected chi connectivity index (χ2v) is 4.04. The molecule has 2 heteroatoms. The van der Waals surface area contributed by atoms with Gasteiger partial charge in [0, 0.05) is 6.54 Å². The Morgan fingerprint density at radius 1 is 1.25 bits per heavy atom. The monoisotopic (exact) mass is 273 g/mol. The van der Waals surface area contributed by atoms with Crippen molar-refractivity contribution >= 4 is 0 Å². The maximum Gasteiger partial charge on any atom is 0.113 e. The summed E-state index contributed by atoms with van der Waals surface area (Å²) in [5.74, 6) is 0.875. The van der Waals surface area contributed by atoms with Gasteiger partial charge < -0.3 is 10.5 Å². The van der Waals surface area contributed by atoms with Crippen LogP contribution in [0.4, 0.5) is 0 Å². The fourth-order valence-corrected chi connectivity index (χ4v) is 1.51. The highest BCUT2D eigenvalue weighted by atomic mass is 16.5. The lowest BCUT2D eigenvalue weighted by molar-refractivity contribution is 0.200. The predicted octanol–water partition coefficient (Wildman–Crippen LogP) is 4.59. The van der Waals surface area contributed by atoms with Crippen LogP contribution < -0.4 is 5.73 Å². The summed E-state index contributed by atoms with van der Waals surface area (Å²) in [4.78, 5) is 0. The van der Waals surface area contributed by atoms with E-state index in [-0.39, 0.29) is 0 Å². The first-order valence-corrected chi connectivity index (χ1v) is 7.11. The van der Waals surface area contributed by atoms with Gasteiger partial charge in [-0.25, -0.2) is 0 Å². The Kier molecular flexibility index (Phi) is 11.1. The fourth-order valence-electron chi connectivity index (χ4n) is 1.51. The summed E-state index contributed by atoms with van der Waals surface area (Å²) in [7, 11) is 0. The van der Waals surface area contributed by atoms with Crippen LogP contribution in [0.2, 0.25) is 0 Å². The molecular weight excluding hydrogens is 246 g/mol. The second kappa shape index (κ2) is 12.2. The van der Waals surface area contributed by atoms with Crippen molar-refractivity contribution < 1.29 is 4.74 Å². The van der Waals surface area contributed by atoms with E-state index in [1.54, 1.807) is 0 Å². The Balaban J connectivity index is 0.00000172. The molecule has 0 radical (unpaired) electrons. The summed E-state index contributed by atoms with van der Waals surface area (Å²) < 4.78 is 5.68. The molecule has 0 aliphatic heterocycles. The second-order valence-electron chi connectivity index (χ2n) is 4.04. The largest absolute Gasteiger partial charge is 0.494 e. The number of benzene rings is 1. The van der Waals surface area contributed by atoms with Gasteiger partial charge in [0.15, 0.2) is 0 Å². The zero-order valence-corrected chi connectivity index (χ0v) is 12.9. The van der Waals surface area contributed by atoms with Crippen LogP contribution in [0.3, 0.4) is 0 Å². The Morgan fingerprint density at radius 2 is 1.90 bits per heavy atom. The average molecular weight is 273 g/mol. The highest BCUT2D eigenvalue weighted by Crippen LogP contribution is 2.08. The van der Waals surface area contributed by atoms with E-state index < -0.39 is 0 Å². The molecule has 0 aliphatic carbocycles. The van der Waals surface area contributed by atoms with Crippen LogP contribution in [0, 0.1) is 0 Å². The molecule has 0 spiro atoms. The number of allylic oxidation sites excluding steroid dienone is 3. The van der Waals surface area contributed by atoms with E-state index in [1.165, 1.54) is 0 Å². The fraction of sp³-hybridized carbons (Fsp3) is 0.333. The Morgan fingerprint density at radius 3 is 2.45 bits per heavy atom. The van der Waals surface area contributed by atoms with Crippen molar-refractivity contribution in [2.75, 3.05) is 6.54 Å². The van der Waals surface area contributed by atoms with E-state index in [9.17, 15) is 0 Å². The van der Waals surface area contributed by atoms with E-state index in [0.717, 1.165) is 23.3 Å². The average Bonchev–Trinajstić information content (AvgIpc) is 2.52. The van der Waals surface area contributed by atoms with Crippen LogP contribution in [0.5, 0.6) is 0 Å². The molecule has 1 aromatic carbocycles. The molecule has 1 rings (SSSR count). The summed E-state index contributed by atoms with van der Waals surface area (Å²) >= 11 is 0. The van der Waals surface area contributed by atoms with Gasteiger partial charge in [-0.2, -0.15) is 0 Å². The highest BCUT2D eigenvalue weighted by Gasteiger charge is 1.95. The smallest absolute Gasteiger partial charge is 0.113 e. The van der Waals surface area contributed by atoms with Gasteiger partial charge in [0.25, 0.3) is 0 Å². The molecule has 0 amide bonds. The molecule has 0 fully saturated rings. The molecule has 0 unspecified atom stereocenters. The van der Waals surface area contributed by atoms with Gasteiger partial charge in [-0.3, -0.25) is 0 Å². The zero-order chi connectivity index (χ0) is 15.2. The third-order valence-corrected chi connectivity index (χ3v) is 2.48. The molecule has 0 aliphatic rings. The first kappa shape index (κ1) is 18.2. The Labute approximate surface area is 123 Å². The number of nitrogens with two attached hydrogens (primary N) is 1. The topological polar surface area (TPSA) is 35.2 Å². The van der Waals surface area contributed by atoms with Crippen LogP contribution in [-0.4, -0.2) is 6.54 Å². The van der Waals surface area contributed by atoms with Gasteiger partial charge in [0.1, 0.15) is 6.61 Å². The van der Waals surface area contributed by atoms with Crippen LogP contribution in [0.1, 0.15) is 32.8 Å². The summed E-state index contributed by atoms with van der Waals surface area (Å²) in [6, 6.07) is 10.1. The van der Waals surface area contributed by atoms with Gasteiger partial charge in [-0.1, -0.05) is 56.3 Å². The van der Waals surface area contributed by atoms with E-state index in [1.807, 2.05) is 63.3 Å². The number of ether oxygens (including phenoxy) is 1. The lowest BCUT2D eigenvalue weighted by Gasteiger charge is -2.07. The van der Waals surface area contributed by atoms with Gasteiger partial charge in [-0.15, -0.1) is 6.58 Å².